The fraction of sp³-hybridized carbons (Fsp3) is 0.929. The highest BCUT2D eigenvalue weighted by atomic mass is 15.2. The summed E-state index contributed by atoms with van der Waals surface area (Å²) in [6.45, 7) is 5.94. The van der Waals surface area contributed by atoms with E-state index in [1.54, 1.807) is 0 Å². The Morgan fingerprint density at radius 2 is 2.12 bits per heavy atom. The summed E-state index contributed by atoms with van der Waals surface area (Å²) in [6.07, 6.45) is 5.85. The Morgan fingerprint density at radius 3 is 2.71 bits per heavy atom. The largest absolute Gasteiger partial charge is 0.302 e. The van der Waals surface area contributed by atoms with Crippen molar-refractivity contribution >= 4 is 0 Å². The third-order valence-corrected chi connectivity index (χ3v) is 5.07. The molecule has 0 aromatic carbocycles. The van der Waals surface area contributed by atoms with Crippen LogP contribution in [0.2, 0.25) is 0 Å². The minimum atomic E-state index is -0.259. The van der Waals surface area contributed by atoms with Crippen LogP contribution in [0.3, 0.4) is 0 Å². The van der Waals surface area contributed by atoms with Crippen LogP contribution in [0.15, 0.2) is 0 Å². The number of nitriles is 1. The molecular weight excluding hydrogens is 210 g/mol. The highest BCUT2D eigenvalue weighted by Gasteiger charge is 2.42. The van der Waals surface area contributed by atoms with E-state index < -0.39 is 0 Å². The molecule has 2 rings (SSSR count). The third kappa shape index (κ3) is 2.34. The third-order valence-electron chi connectivity index (χ3n) is 5.07. The van der Waals surface area contributed by atoms with Gasteiger partial charge in [0.2, 0.25) is 0 Å². The number of piperidine rings is 1. The van der Waals surface area contributed by atoms with Crippen molar-refractivity contribution in [2.24, 2.45) is 5.92 Å². The standard InChI is InChI=1S/C14H25N3/c1-11-5-4-8-17(12(11)2)13-6-7-14(9-13,10-15)16-3/h11-13,16H,4-9H2,1-3H3. The van der Waals surface area contributed by atoms with E-state index in [9.17, 15) is 5.26 Å². The maximum Gasteiger partial charge on any atom is 0.108 e. The van der Waals surface area contributed by atoms with E-state index in [0.717, 1.165) is 18.8 Å². The molecule has 3 heteroatoms. The van der Waals surface area contributed by atoms with Gasteiger partial charge in [-0.3, -0.25) is 4.90 Å². The Labute approximate surface area is 105 Å². The predicted molar refractivity (Wildman–Crippen MR) is 69.6 cm³/mol. The van der Waals surface area contributed by atoms with Gasteiger partial charge in [-0.15, -0.1) is 0 Å². The second-order valence-electron chi connectivity index (χ2n) is 5.94. The van der Waals surface area contributed by atoms with Crippen LogP contribution in [-0.4, -0.2) is 36.1 Å². The van der Waals surface area contributed by atoms with Gasteiger partial charge < -0.3 is 5.32 Å². The van der Waals surface area contributed by atoms with Gasteiger partial charge >= 0.3 is 0 Å². The lowest BCUT2D eigenvalue weighted by Gasteiger charge is -2.42. The lowest BCUT2D eigenvalue weighted by atomic mass is 9.90. The fourth-order valence-corrected chi connectivity index (χ4v) is 3.57. The molecule has 0 bridgehead atoms. The van der Waals surface area contributed by atoms with Crippen molar-refractivity contribution in [3.05, 3.63) is 0 Å². The summed E-state index contributed by atoms with van der Waals surface area (Å²) in [5, 5.41) is 12.6. The fourth-order valence-electron chi connectivity index (χ4n) is 3.57. The maximum atomic E-state index is 9.32. The molecule has 1 heterocycles. The molecule has 1 aliphatic heterocycles. The second-order valence-corrected chi connectivity index (χ2v) is 5.94. The summed E-state index contributed by atoms with van der Waals surface area (Å²) in [5.41, 5.74) is -0.259. The van der Waals surface area contributed by atoms with Crippen molar-refractivity contribution in [3.63, 3.8) is 0 Å². The van der Waals surface area contributed by atoms with E-state index in [1.165, 1.54) is 25.8 Å². The highest BCUT2D eigenvalue weighted by molar-refractivity contribution is 5.13. The van der Waals surface area contributed by atoms with Crippen LogP contribution in [0.4, 0.5) is 0 Å². The van der Waals surface area contributed by atoms with E-state index in [1.807, 2.05) is 7.05 Å². The van der Waals surface area contributed by atoms with Crippen LogP contribution in [0.1, 0.15) is 46.0 Å². The van der Waals surface area contributed by atoms with Crippen LogP contribution in [0.5, 0.6) is 0 Å². The van der Waals surface area contributed by atoms with Crippen LogP contribution in [0.25, 0.3) is 0 Å². The minimum Gasteiger partial charge on any atom is -0.302 e. The molecule has 1 N–H and O–H groups in total. The molecule has 0 aromatic heterocycles. The van der Waals surface area contributed by atoms with Crippen molar-refractivity contribution < 1.29 is 0 Å². The first-order chi connectivity index (χ1) is 8.12. The average Bonchev–Trinajstić information content (AvgIpc) is 2.78. The smallest absolute Gasteiger partial charge is 0.108 e. The zero-order valence-corrected chi connectivity index (χ0v) is 11.4. The number of hydrogen-bond donors (Lipinski definition) is 1. The van der Waals surface area contributed by atoms with Crippen molar-refractivity contribution in [2.45, 2.75) is 63.6 Å². The summed E-state index contributed by atoms with van der Waals surface area (Å²) < 4.78 is 0. The Bertz CT molecular complexity index is 309. The van der Waals surface area contributed by atoms with Gasteiger partial charge in [-0.05, 0) is 58.5 Å². The van der Waals surface area contributed by atoms with E-state index in [4.69, 9.17) is 0 Å². The molecule has 0 aromatic rings. The van der Waals surface area contributed by atoms with Gasteiger partial charge in [0.15, 0.2) is 0 Å². The first-order valence-corrected chi connectivity index (χ1v) is 6.98. The molecule has 1 saturated carbocycles. The van der Waals surface area contributed by atoms with Crippen LogP contribution >= 0.6 is 0 Å². The summed E-state index contributed by atoms with van der Waals surface area (Å²) in [6, 6.07) is 3.78. The van der Waals surface area contributed by atoms with E-state index in [0.29, 0.717) is 12.1 Å². The van der Waals surface area contributed by atoms with Crippen molar-refractivity contribution in [3.8, 4) is 6.07 Å². The van der Waals surface area contributed by atoms with Gasteiger partial charge in [0.1, 0.15) is 5.54 Å². The molecule has 1 aliphatic carbocycles. The molecule has 4 atom stereocenters. The quantitative estimate of drug-likeness (QED) is 0.797. The van der Waals surface area contributed by atoms with Crippen LogP contribution < -0.4 is 5.32 Å². The van der Waals surface area contributed by atoms with Gasteiger partial charge in [-0.2, -0.15) is 5.26 Å². The van der Waals surface area contributed by atoms with Gasteiger partial charge in [-0.25, -0.2) is 0 Å². The minimum absolute atomic E-state index is 0.259. The van der Waals surface area contributed by atoms with Crippen LogP contribution in [0, 0.1) is 17.2 Å². The summed E-state index contributed by atoms with van der Waals surface area (Å²) in [5.74, 6) is 0.801. The zero-order valence-electron chi connectivity index (χ0n) is 11.4. The molecule has 4 unspecified atom stereocenters. The molecule has 17 heavy (non-hydrogen) atoms. The highest BCUT2D eigenvalue weighted by Crippen LogP contribution is 2.36. The number of nitrogens with zero attached hydrogens (tertiary/aromatic N) is 2. The van der Waals surface area contributed by atoms with Crippen molar-refractivity contribution in [2.75, 3.05) is 13.6 Å². The van der Waals surface area contributed by atoms with E-state index >= 15 is 0 Å². The van der Waals surface area contributed by atoms with Gasteiger partial charge in [-0.1, -0.05) is 6.92 Å². The normalized spacial score (nSPS) is 43.5. The molecular formula is C14H25N3. The van der Waals surface area contributed by atoms with Gasteiger partial charge in [0, 0.05) is 12.1 Å². The van der Waals surface area contributed by atoms with Gasteiger partial charge in [0.25, 0.3) is 0 Å². The molecule has 0 amide bonds. The van der Waals surface area contributed by atoms with Crippen LogP contribution in [-0.2, 0) is 0 Å². The average molecular weight is 235 g/mol. The molecule has 0 spiro atoms. The molecule has 0 radical (unpaired) electrons. The Balaban J connectivity index is 2.03. The zero-order chi connectivity index (χ0) is 12.5. The number of likely N-dealkylation sites (tertiary alicyclic amines) is 1. The molecule has 96 valence electrons. The number of hydrogen-bond acceptors (Lipinski definition) is 3. The predicted octanol–water partition coefficient (Wildman–Crippen LogP) is 2.14. The first kappa shape index (κ1) is 12.9. The maximum absolute atomic E-state index is 9.32. The Kier molecular flexibility index (Phi) is 3.75. The van der Waals surface area contributed by atoms with E-state index in [-0.39, 0.29) is 5.54 Å². The molecule has 1 saturated heterocycles. The summed E-state index contributed by atoms with van der Waals surface area (Å²) in [7, 11) is 1.92. The summed E-state index contributed by atoms with van der Waals surface area (Å²) in [4.78, 5) is 2.66. The SMILES string of the molecule is CNC1(C#N)CCC(N2CCCC(C)C2C)C1. The number of rotatable bonds is 2. The molecule has 2 aliphatic rings. The second kappa shape index (κ2) is 4.96. The molecule has 3 nitrogen and oxygen atoms in total. The topological polar surface area (TPSA) is 39.1 Å². The van der Waals surface area contributed by atoms with Gasteiger partial charge in [0.05, 0.1) is 6.07 Å². The lowest BCUT2D eigenvalue weighted by molar-refractivity contribution is 0.0684. The number of nitrogens with one attached hydrogen (secondary N) is 1. The van der Waals surface area contributed by atoms with Crippen molar-refractivity contribution in [1.82, 2.24) is 10.2 Å². The monoisotopic (exact) mass is 235 g/mol. The molecule has 2 fully saturated rings. The first-order valence-electron chi connectivity index (χ1n) is 6.98. The Morgan fingerprint density at radius 1 is 1.35 bits per heavy atom. The summed E-state index contributed by atoms with van der Waals surface area (Å²) >= 11 is 0. The lowest BCUT2D eigenvalue weighted by Crippen LogP contribution is -2.49. The Hall–Kier alpha value is -0.590. The van der Waals surface area contributed by atoms with E-state index in [2.05, 4.69) is 30.1 Å². The van der Waals surface area contributed by atoms with Crippen molar-refractivity contribution in [1.29, 1.82) is 5.26 Å².